The zero-order chi connectivity index (χ0) is 25.8. The predicted molar refractivity (Wildman–Crippen MR) is 144 cm³/mol. The standard InChI is InChI=1S/C28H31Cl2FN4O/c1-4-25-21(17-20-23(30)10-7-11-24(20)31)27(33-26(32-25)16-18(2)3)34-12-14-35(15-13-34)28(36)19-8-5-6-9-22(19)29/h5-11,18H,4,12-17H2,1-3H3. The summed E-state index contributed by atoms with van der Waals surface area (Å²) in [4.78, 5) is 26.9. The second kappa shape index (κ2) is 11.6. The van der Waals surface area contributed by atoms with Gasteiger partial charge in [-0.3, -0.25) is 4.79 Å². The smallest absolute Gasteiger partial charge is 0.255 e. The zero-order valence-corrected chi connectivity index (χ0v) is 22.4. The van der Waals surface area contributed by atoms with E-state index in [4.69, 9.17) is 33.2 Å². The van der Waals surface area contributed by atoms with E-state index in [9.17, 15) is 9.18 Å². The van der Waals surface area contributed by atoms with Gasteiger partial charge in [-0.15, -0.1) is 0 Å². The fourth-order valence-corrected chi connectivity index (χ4v) is 5.01. The number of nitrogens with zero attached hydrogens (tertiary/aromatic N) is 4. The Hall–Kier alpha value is -2.70. The largest absolute Gasteiger partial charge is 0.353 e. The van der Waals surface area contributed by atoms with Crippen molar-refractivity contribution in [2.75, 3.05) is 31.1 Å². The van der Waals surface area contributed by atoms with Crippen LogP contribution in [0.2, 0.25) is 10.0 Å². The molecule has 5 nitrogen and oxygen atoms in total. The number of piperazine rings is 1. The molecule has 0 bridgehead atoms. The highest BCUT2D eigenvalue weighted by atomic mass is 35.5. The van der Waals surface area contributed by atoms with E-state index in [-0.39, 0.29) is 11.7 Å². The zero-order valence-electron chi connectivity index (χ0n) is 20.9. The third-order valence-corrected chi connectivity index (χ3v) is 7.11. The van der Waals surface area contributed by atoms with Crippen molar-refractivity contribution in [2.45, 2.75) is 40.0 Å². The Morgan fingerprint density at radius 3 is 2.31 bits per heavy atom. The molecule has 1 aliphatic heterocycles. The van der Waals surface area contributed by atoms with Crippen LogP contribution in [0, 0.1) is 11.7 Å². The molecule has 3 aromatic rings. The van der Waals surface area contributed by atoms with Gasteiger partial charge in [0.25, 0.3) is 5.91 Å². The maximum absolute atomic E-state index is 14.7. The maximum Gasteiger partial charge on any atom is 0.255 e. The van der Waals surface area contributed by atoms with Gasteiger partial charge in [0.05, 0.1) is 10.6 Å². The van der Waals surface area contributed by atoms with Crippen molar-refractivity contribution in [2.24, 2.45) is 5.92 Å². The molecule has 0 unspecified atom stereocenters. The first-order valence-electron chi connectivity index (χ1n) is 12.4. The first-order chi connectivity index (χ1) is 17.3. The molecule has 1 aliphatic rings. The molecule has 190 valence electrons. The van der Waals surface area contributed by atoms with Crippen LogP contribution in [0.5, 0.6) is 0 Å². The molecule has 2 aromatic carbocycles. The lowest BCUT2D eigenvalue weighted by atomic mass is 10.0. The first-order valence-corrected chi connectivity index (χ1v) is 13.1. The number of benzene rings is 2. The molecule has 2 heterocycles. The second-order valence-corrected chi connectivity index (χ2v) is 10.3. The van der Waals surface area contributed by atoms with Gasteiger partial charge in [-0.05, 0) is 36.6 Å². The minimum atomic E-state index is -0.336. The number of carbonyl (C=O) groups excluding carboxylic acids is 1. The van der Waals surface area contributed by atoms with Crippen molar-refractivity contribution in [3.05, 3.63) is 86.5 Å². The number of anilines is 1. The van der Waals surface area contributed by atoms with Crippen molar-refractivity contribution < 1.29 is 9.18 Å². The Labute approximate surface area is 222 Å². The van der Waals surface area contributed by atoms with Crippen LogP contribution in [0.15, 0.2) is 42.5 Å². The van der Waals surface area contributed by atoms with Gasteiger partial charge in [-0.1, -0.05) is 62.2 Å². The molecule has 1 fully saturated rings. The van der Waals surface area contributed by atoms with E-state index >= 15 is 0 Å². The Morgan fingerprint density at radius 2 is 1.67 bits per heavy atom. The molecule has 0 radical (unpaired) electrons. The van der Waals surface area contributed by atoms with Gasteiger partial charge >= 0.3 is 0 Å². The van der Waals surface area contributed by atoms with E-state index in [2.05, 4.69) is 25.7 Å². The fourth-order valence-electron chi connectivity index (χ4n) is 4.56. The molecular weight excluding hydrogens is 498 g/mol. The Bertz CT molecular complexity index is 1220. The molecule has 0 aliphatic carbocycles. The second-order valence-electron chi connectivity index (χ2n) is 9.48. The van der Waals surface area contributed by atoms with Gasteiger partial charge in [0.15, 0.2) is 0 Å². The Morgan fingerprint density at radius 1 is 0.972 bits per heavy atom. The molecule has 36 heavy (non-hydrogen) atoms. The molecule has 4 rings (SSSR count). The maximum atomic E-state index is 14.7. The summed E-state index contributed by atoms with van der Waals surface area (Å²) in [5, 5.41) is 0.847. The highest BCUT2D eigenvalue weighted by Gasteiger charge is 2.27. The van der Waals surface area contributed by atoms with Crippen molar-refractivity contribution in [3.8, 4) is 0 Å². The van der Waals surface area contributed by atoms with E-state index in [0.717, 1.165) is 29.3 Å². The molecule has 0 N–H and O–H groups in total. The number of carbonyl (C=O) groups is 1. The van der Waals surface area contributed by atoms with E-state index in [1.165, 1.54) is 6.07 Å². The lowest BCUT2D eigenvalue weighted by Gasteiger charge is -2.37. The van der Waals surface area contributed by atoms with Crippen molar-refractivity contribution in [3.63, 3.8) is 0 Å². The van der Waals surface area contributed by atoms with Gasteiger partial charge in [0.2, 0.25) is 0 Å². The van der Waals surface area contributed by atoms with Crippen molar-refractivity contribution in [1.29, 1.82) is 0 Å². The number of aryl methyl sites for hydroxylation is 1. The number of hydrogen-bond donors (Lipinski definition) is 0. The van der Waals surface area contributed by atoms with Crippen molar-refractivity contribution >= 4 is 34.9 Å². The summed E-state index contributed by atoms with van der Waals surface area (Å²) in [6, 6.07) is 11.9. The number of rotatable bonds is 7. The molecule has 1 amide bonds. The average molecular weight is 529 g/mol. The molecule has 1 saturated heterocycles. The first kappa shape index (κ1) is 26.4. The Balaban J connectivity index is 1.65. The molecule has 1 aromatic heterocycles. The summed E-state index contributed by atoms with van der Waals surface area (Å²) in [6.07, 6.45) is 1.77. The highest BCUT2D eigenvalue weighted by Crippen LogP contribution is 2.30. The average Bonchev–Trinajstić information content (AvgIpc) is 2.86. The summed E-state index contributed by atoms with van der Waals surface area (Å²) in [5.41, 5.74) is 2.76. The fraction of sp³-hybridized carbons (Fsp3) is 0.393. The van der Waals surface area contributed by atoms with Crippen LogP contribution in [0.25, 0.3) is 0 Å². The van der Waals surface area contributed by atoms with E-state index in [1.807, 2.05) is 17.0 Å². The van der Waals surface area contributed by atoms with Gasteiger partial charge in [0, 0.05) is 60.9 Å². The highest BCUT2D eigenvalue weighted by molar-refractivity contribution is 6.33. The number of amides is 1. The number of halogens is 3. The van der Waals surface area contributed by atoms with Crippen LogP contribution in [0.1, 0.15) is 53.8 Å². The minimum absolute atomic E-state index is 0.0731. The minimum Gasteiger partial charge on any atom is -0.353 e. The lowest BCUT2D eigenvalue weighted by molar-refractivity contribution is 0.0746. The van der Waals surface area contributed by atoms with Gasteiger partial charge in [0.1, 0.15) is 17.5 Å². The summed E-state index contributed by atoms with van der Waals surface area (Å²) in [6.45, 7) is 8.62. The van der Waals surface area contributed by atoms with Crippen LogP contribution in [0.4, 0.5) is 10.2 Å². The quantitative estimate of drug-likeness (QED) is 0.364. The third kappa shape index (κ3) is 5.81. The van der Waals surface area contributed by atoms with Crippen LogP contribution in [-0.4, -0.2) is 47.0 Å². The van der Waals surface area contributed by atoms with E-state index in [0.29, 0.717) is 66.1 Å². The summed E-state index contributed by atoms with van der Waals surface area (Å²) < 4.78 is 14.7. The normalized spacial score (nSPS) is 14.0. The molecular formula is C28H31Cl2FN4O. The van der Waals surface area contributed by atoms with Crippen LogP contribution in [0.3, 0.4) is 0 Å². The molecule has 0 saturated carbocycles. The molecule has 0 spiro atoms. The molecule has 8 heteroatoms. The lowest BCUT2D eigenvalue weighted by Crippen LogP contribution is -2.49. The summed E-state index contributed by atoms with van der Waals surface area (Å²) in [7, 11) is 0. The van der Waals surface area contributed by atoms with Crippen LogP contribution in [-0.2, 0) is 19.3 Å². The monoisotopic (exact) mass is 528 g/mol. The van der Waals surface area contributed by atoms with Crippen LogP contribution >= 0.6 is 23.2 Å². The van der Waals surface area contributed by atoms with Crippen molar-refractivity contribution in [1.82, 2.24) is 14.9 Å². The predicted octanol–water partition coefficient (Wildman–Crippen LogP) is 6.24. The van der Waals surface area contributed by atoms with Crippen LogP contribution < -0.4 is 4.90 Å². The van der Waals surface area contributed by atoms with Gasteiger partial charge < -0.3 is 9.80 Å². The summed E-state index contributed by atoms with van der Waals surface area (Å²) >= 11 is 12.7. The summed E-state index contributed by atoms with van der Waals surface area (Å²) in [5.74, 6) is 1.59. The van der Waals surface area contributed by atoms with Gasteiger partial charge in [-0.2, -0.15) is 0 Å². The van der Waals surface area contributed by atoms with E-state index in [1.54, 1.807) is 24.3 Å². The van der Waals surface area contributed by atoms with Gasteiger partial charge in [-0.25, -0.2) is 14.4 Å². The topological polar surface area (TPSA) is 49.3 Å². The number of aromatic nitrogens is 2. The SMILES string of the molecule is CCc1nc(CC(C)C)nc(N2CCN(C(=O)c3ccccc3Cl)CC2)c1Cc1c(F)cccc1Cl. The third-order valence-electron chi connectivity index (χ3n) is 6.43. The van der Waals surface area contributed by atoms with E-state index < -0.39 is 0 Å². The Kier molecular flexibility index (Phi) is 8.47. The molecule has 0 atom stereocenters. The number of hydrogen-bond acceptors (Lipinski definition) is 4.